The SMILES string of the molecule is Cc1ccc(-c2cnc(-n3nc(-c4ccccc4)c(C(c4ccc(Br)cc4)C(C#N)C#N)c3O)s2)cc1. The third kappa shape index (κ3) is 4.77. The molecule has 0 radical (unpaired) electrons. The molecule has 0 bridgehead atoms. The third-order valence-electron chi connectivity index (χ3n) is 6.11. The second kappa shape index (κ2) is 10.4. The molecule has 1 unspecified atom stereocenters. The first kappa shape index (κ1) is 24.5. The zero-order valence-corrected chi connectivity index (χ0v) is 22.1. The summed E-state index contributed by atoms with van der Waals surface area (Å²) < 4.78 is 2.27. The molecule has 37 heavy (non-hydrogen) atoms. The fraction of sp³-hybridized carbons (Fsp3) is 0.103. The Morgan fingerprint density at radius 3 is 2.24 bits per heavy atom. The van der Waals surface area contributed by atoms with Crippen LogP contribution in [0.1, 0.15) is 22.6 Å². The van der Waals surface area contributed by atoms with Crippen LogP contribution < -0.4 is 0 Å². The van der Waals surface area contributed by atoms with Gasteiger partial charge in [-0.05, 0) is 30.2 Å². The topological polar surface area (TPSA) is 98.5 Å². The van der Waals surface area contributed by atoms with E-state index in [1.165, 1.54) is 21.6 Å². The van der Waals surface area contributed by atoms with Gasteiger partial charge in [-0.3, -0.25) is 0 Å². The first-order valence-electron chi connectivity index (χ1n) is 11.5. The van der Waals surface area contributed by atoms with E-state index in [-0.39, 0.29) is 5.88 Å². The number of nitrogens with zero attached hydrogens (tertiary/aromatic N) is 5. The van der Waals surface area contributed by atoms with Crippen molar-refractivity contribution in [2.75, 3.05) is 0 Å². The fourth-order valence-electron chi connectivity index (χ4n) is 4.24. The highest BCUT2D eigenvalue weighted by molar-refractivity contribution is 9.10. The van der Waals surface area contributed by atoms with Crippen LogP contribution in [-0.2, 0) is 0 Å². The summed E-state index contributed by atoms with van der Waals surface area (Å²) in [5.41, 5.74) is 4.58. The van der Waals surface area contributed by atoms with Crippen LogP contribution in [-0.4, -0.2) is 19.9 Å². The zero-order chi connectivity index (χ0) is 25.9. The number of thiazole rings is 1. The Bertz CT molecular complexity index is 1610. The van der Waals surface area contributed by atoms with Gasteiger partial charge < -0.3 is 5.11 Å². The van der Waals surface area contributed by atoms with Gasteiger partial charge >= 0.3 is 0 Å². The molecular formula is C29H20BrN5OS. The third-order valence-corrected chi connectivity index (χ3v) is 7.66. The summed E-state index contributed by atoms with van der Waals surface area (Å²) in [6.07, 6.45) is 1.76. The Morgan fingerprint density at radius 2 is 1.59 bits per heavy atom. The first-order chi connectivity index (χ1) is 18.0. The van der Waals surface area contributed by atoms with E-state index in [9.17, 15) is 15.6 Å². The van der Waals surface area contributed by atoms with Crippen LogP contribution in [0.5, 0.6) is 5.88 Å². The van der Waals surface area contributed by atoms with Gasteiger partial charge in [0, 0.05) is 22.2 Å². The summed E-state index contributed by atoms with van der Waals surface area (Å²) in [6, 6.07) is 29.2. The molecule has 0 spiro atoms. The zero-order valence-electron chi connectivity index (χ0n) is 19.7. The van der Waals surface area contributed by atoms with Gasteiger partial charge in [0.2, 0.25) is 11.0 Å². The van der Waals surface area contributed by atoms with Crippen LogP contribution in [0.3, 0.4) is 0 Å². The van der Waals surface area contributed by atoms with Crippen LogP contribution in [0.25, 0.3) is 26.8 Å². The van der Waals surface area contributed by atoms with E-state index < -0.39 is 11.8 Å². The van der Waals surface area contributed by atoms with Crippen molar-refractivity contribution < 1.29 is 5.11 Å². The minimum Gasteiger partial charge on any atom is -0.493 e. The lowest BCUT2D eigenvalue weighted by atomic mass is 9.81. The van der Waals surface area contributed by atoms with Gasteiger partial charge in [0.25, 0.3) is 0 Å². The Morgan fingerprint density at radius 1 is 0.919 bits per heavy atom. The van der Waals surface area contributed by atoms with Crippen LogP contribution in [0.4, 0.5) is 0 Å². The predicted molar refractivity (Wildman–Crippen MR) is 147 cm³/mol. The second-order valence-electron chi connectivity index (χ2n) is 8.50. The van der Waals surface area contributed by atoms with Gasteiger partial charge in [0.05, 0.1) is 22.6 Å². The molecule has 0 aliphatic carbocycles. The van der Waals surface area contributed by atoms with Crippen molar-refractivity contribution >= 4 is 27.3 Å². The summed E-state index contributed by atoms with van der Waals surface area (Å²) in [7, 11) is 0. The van der Waals surface area contributed by atoms with Crippen LogP contribution in [0.2, 0.25) is 0 Å². The molecule has 3 aromatic carbocycles. The van der Waals surface area contributed by atoms with Crippen molar-refractivity contribution in [2.45, 2.75) is 12.8 Å². The molecule has 5 rings (SSSR count). The molecule has 8 heteroatoms. The molecule has 0 saturated carbocycles. The maximum Gasteiger partial charge on any atom is 0.220 e. The maximum absolute atomic E-state index is 11.6. The summed E-state index contributed by atoms with van der Waals surface area (Å²) in [6.45, 7) is 2.04. The molecule has 2 aromatic heterocycles. The number of aromatic hydroxyl groups is 1. The number of nitriles is 2. The summed E-state index contributed by atoms with van der Waals surface area (Å²) in [5, 5.41) is 36.7. The lowest BCUT2D eigenvalue weighted by Gasteiger charge is -2.19. The minimum atomic E-state index is -1.05. The van der Waals surface area contributed by atoms with E-state index in [4.69, 9.17) is 5.10 Å². The summed E-state index contributed by atoms with van der Waals surface area (Å²) in [5.74, 6) is -1.93. The second-order valence-corrected chi connectivity index (χ2v) is 10.4. The van der Waals surface area contributed by atoms with Crippen molar-refractivity contribution in [3.63, 3.8) is 0 Å². The molecule has 0 aliphatic rings. The van der Waals surface area contributed by atoms with Crippen molar-refractivity contribution in [2.24, 2.45) is 5.92 Å². The summed E-state index contributed by atoms with van der Waals surface area (Å²) >= 11 is 4.84. The molecule has 180 valence electrons. The minimum absolute atomic E-state index is 0.146. The Labute approximate surface area is 226 Å². The molecule has 1 atom stereocenters. The van der Waals surface area contributed by atoms with E-state index in [0.717, 1.165) is 26.0 Å². The van der Waals surface area contributed by atoms with Crippen LogP contribution >= 0.6 is 27.3 Å². The maximum atomic E-state index is 11.6. The summed E-state index contributed by atoms with van der Waals surface area (Å²) in [4.78, 5) is 5.48. The van der Waals surface area contributed by atoms with Gasteiger partial charge in [0.15, 0.2) is 0 Å². The average molecular weight is 566 g/mol. The highest BCUT2D eigenvalue weighted by atomic mass is 79.9. The van der Waals surface area contributed by atoms with Gasteiger partial charge in [-0.15, -0.1) is 0 Å². The van der Waals surface area contributed by atoms with Crippen LogP contribution in [0.15, 0.2) is 89.5 Å². The average Bonchev–Trinajstić information content (AvgIpc) is 3.54. The first-order valence-corrected chi connectivity index (χ1v) is 13.1. The number of benzene rings is 3. The van der Waals surface area contributed by atoms with Crippen LogP contribution in [0, 0.1) is 35.5 Å². The number of aromatic nitrogens is 3. The van der Waals surface area contributed by atoms with E-state index in [2.05, 4.69) is 33.1 Å². The number of hydrogen-bond donors (Lipinski definition) is 1. The van der Waals surface area contributed by atoms with Crippen molar-refractivity contribution in [3.05, 3.63) is 106 Å². The van der Waals surface area contributed by atoms with E-state index in [0.29, 0.717) is 16.4 Å². The van der Waals surface area contributed by atoms with Gasteiger partial charge in [-0.1, -0.05) is 99.6 Å². The molecule has 0 fully saturated rings. The highest BCUT2D eigenvalue weighted by Gasteiger charge is 2.34. The number of halogens is 1. The Balaban J connectivity index is 1.71. The van der Waals surface area contributed by atoms with Crippen molar-refractivity contribution in [1.29, 1.82) is 10.5 Å². The smallest absolute Gasteiger partial charge is 0.220 e. The molecular weight excluding hydrogens is 546 g/mol. The van der Waals surface area contributed by atoms with E-state index >= 15 is 0 Å². The molecule has 0 amide bonds. The number of hydrogen-bond acceptors (Lipinski definition) is 6. The van der Waals surface area contributed by atoms with Gasteiger partial charge in [0.1, 0.15) is 11.6 Å². The van der Waals surface area contributed by atoms with E-state index in [1.54, 1.807) is 6.20 Å². The monoisotopic (exact) mass is 565 g/mol. The Kier molecular flexibility index (Phi) is 6.87. The Hall–Kier alpha value is -4.24. The molecule has 6 nitrogen and oxygen atoms in total. The lowest BCUT2D eigenvalue weighted by molar-refractivity contribution is 0.423. The lowest BCUT2D eigenvalue weighted by Crippen LogP contribution is -2.12. The molecule has 5 aromatic rings. The van der Waals surface area contributed by atoms with Crippen molar-refractivity contribution in [1.82, 2.24) is 14.8 Å². The fourth-order valence-corrected chi connectivity index (χ4v) is 5.38. The molecule has 2 heterocycles. The standard InChI is InChI=1S/C29H20BrN5OS/c1-18-7-9-19(10-8-18)24-17-33-29(37-24)35-28(36)26(27(34-35)21-5-3-2-4-6-21)25(22(15-31)16-32)20-11-13-23(30)14-12-20/h2-14,17,22,25,36H,1H3. The van der Waals surface area contributed by atoms with Crippen molar-refractivity contribution in [3.8, 4) is 44.8 Å². The number of aryl methyl sites for hydroxylation is 1. The quantitative estimate of drug-likeness (QED) is 0.234. The number of rotatable bonds is 6. The predicted octanol–water partition coefficient (Wildman–Crippen LogP) is 7.23. The largest absolute Gasteiger partial charge is 0.493 e. The van der Waals surface area contributed by atoms with Gasteiger partial charge in [-0.2, -0.15) is 20.3 Å². The molecule has 0 aliphatic heterocycles. The highest BCUT2D eigenvalue weighted by Crippen LogP contribution is 2.44. The molecule has 0 saturated heterocycles. The van der Waals surface area contributed by atoms with Gasteiger partial charge in [-0.25, -0.2) is 4.98 Å². The normalized spacial score (nSPS) is 11.7. The van der Waals surface area contributed by atoms with E-state index in [1.807, 2.05) is 85.8 Å². The molecule has 1 N–H and O–H groups in total.